The molecule has 3 heterocycles. The molecule has 0 saturated carbocycles. The molecule has 4 rings (SSSR count). The topological polar surface area (TPSA) is 106 Å². The Balaban J connectivity index is 1.39. The second-order valence-electron chi connectivity index (χ2n) is 8.52. The lowest BCUT2D eigenvalue weighted by atomic mass is 10.0. The first-order valence-electron chi connectivity index (χ1n) is 11.1. The number of ether oxygens (including phenoxy) is 2. The Hall–Kier alpha value is -3.27. The van der Waals surface area contributed by atoms with Gasteiger partial charge in [-0.1, -0.05) is 19.9 Å². The fraction of sp³-hybridized carbons (Fsp3) is 0.478. The van der Waals surface area contributed by atoms with E-state index in [4.69, 9.17) is 9.47 Å². The van der Waals surface area contributed by atoms with Crippen LogP contribution in [0.5, 0.6) is 0 Å². The van der Waals surface area contributed by atoms with Gasteiger partial charge in [-0.05, 0) is 42.5 Å². The van der Waals surface area contributed by atoms with Gasteiger partial charge in [-0.25, -0.2) is 14.2 Å². The van der Waals surface area contributed by atoms with Crippen LogP contribution in [0.1, 0.15) is 42.6 Å². The predicted octanol–water partition coefficient (Wildman–Crippen LogP) is 3.12. The maximum atomic E-state index is 14.6. The molecule has 2 N–H and O–H groups in total. The number of hydrogen-bond donors (Lipinski definition) is 2. The molecule has 33 heavy (non-hydrogen) atoms. The molecule has 176 valence electrons. The molecule has 1 aromatic carbocycles. The molecule has 2 saturated heterocycles. The highest BCUT2D eigenvalue weighted by atomic mass is 19.1. The van der Waals surface area contributed by atoms with E-state index in [-0.39, 0.29) is 30.1 Å². The molecule has 0 radical (unpaired) electrons. The molecule has 1 aromatic heterocycles. The number of carbonyl (C=O) groups is 2. The standard InChI is InChI=1S/C23H28FN5O4/c1-14(2)19-13-33-23(31)29(19)20-5-8-25-22(28-20)26-12-15-3-4-17(18(24)11-15)21(30)27-16-6-9-32-10-7-16/h3-5,8,11,14,16,19H,6-7,9-10,12-13H2,1-2H3,(H,27,30)(H,25,26,28). The first kappa shape index (κ1) is 22.9. The van der Waals surface area contributed by atoms with Crippen LogP contribution in [0.3, 0.4) is 0 Å². The molecular formula is C23H28FN5O4. The molecule has 0 bridgehead atoms. The van der Waals surface area contributed by atoms with Crippen molar-refractivity contribution in [3.63, 3.8) is 0 Å². The normalized spacial score (nSPS) is 19.0. The molecule has 1 atom stereocenters. The van der Waals surface area contributed by atoms with Gasteiger partial charge in [-0.3, -0.25) is 9.69 Å². The van der Waals surface area contributed by atoms with E-state index in [9.17, 15) is 14.0 Å². The SMILES string of the molecule is CC(C)C1COC(=O)N1c1ccnc(NCc2ccc(C(=O)NC3CCOCC3)c(F)c2)n1. The second kappa shape index (κ2) is 10.1. The predicted molar refractivity (Wildman–Crippen MR) is 120 cm³/mol. The quantitative estimate of drug-likeness (QED) is 0.658. The van der Waals surface area contributed by atoms with Crippen LogP contribution in [0, 0.1) is 11.7 Å². The van der Waals surface area contributed by atoms with Gasteiger partial charge < -0.3 is 20.1 Å². The lowest BCUT2D eigenvalue weighted by Crippen LogP contribution is -2.39. The van der Waals surface area contributed by atoms with Gasteiger partial charge in [-0.15, -0.1) is 0 Å². The van der Waals surface area contributed by atoms with E-state index in [0.717, 1.165) is 12.8 Å². The van der Waals surface area contributed by atoms with E-state index in [1.165, 1.54) is 17.0 Å². The van der Waals surface area contributed by atoms with E-state index in [1.54, 1.807) is 18.3 Å². The van der Waals surface area contributed by atoms with Crippen LogP contribution in [-0.4, -0.2) is 53.9 Å². The van der Waals surface area contributed by atoms with Gasteiger partial charge in [0.1, 0.15) is 18.2 Å². The van der Waals surface area contributed by atoms with Crippen LogP contribution in [0.25, 0.3) is 0 Å². The molecule has 10 heteroatoms. The van der Waals surface area contributed by atoms with E-state index >= 15 is 0 Å². The average Bonchev–Trinajstić information content (AvgIpc) is 3.20. The van der Waals surface area contributed by atoms with Crippen LogP contribution in [0.2, 0.25) is 0 Å². The zero-order chi connectivity index (χ0) is 23.4. The molecule has 0 aliphatic carbocycles. The average molecular weight is 458 g/mol. The maximum Gasteiger partial charge on any atom is 0.415 e. The van der Waals surface area contributed by atoms with Crippen molar-refractivity contribution in [1.29, 1.82) is 0 Å². The van der Waals surface area contributed by atoms with Gasteiger partial charge >= 0.3 is 6.09 Å². The Morgan fingerprint density at radius 1 is 1.27 bits per heavy atom. The van der Waals surface area contributed by atoms with Crippen molar-refractivity contribution in [2.45, 2.75) is 45.3 Å². The van der Waals surface area contributed by atoms with Gasteiger partial charge in [0.15, 0.2) is 0 Å². The number of aromatic nitrogens is 2. The Bertz CT molecular complexity index is 1010. The first-order valence-corrected chi connectivity index (χ1v) is 11.1. The van der Waals surface area contributed by atoms with Crippen molar-refractivity contribution in [2.75, 3.05) is 30.0 Å². The van der Waals surface area contributed by atoms with E-state index < -0.39 is 17.8 Å². The third-order valence-electron chi connectivity index (χ3n) is 5.85. The minimum Gasteiger partial charge on any atom is -0.447 e. The number of nitrogens with one attached hydrogen (secondary N) is 2. The number of nitrogens with zero attached hydrogens (tertiary/aromatic N) is 3. The summed E-state index contributed by atoms with van der Waals surface area (Å²) in [6.45, 7) is 5.79. The summed E-state index contributed by atoms with van der Waals surface area (Å²) in [5, 5.41) is 5.91. The van der Waals surface area contributed by atoms with Crippen LogP contribution >= 0.6 is 0 Å². The van der Waals surface area contributed by atoms with Crippen molar-refractivity contribution >= 4 is 23.8 Å². The molecule has 2 amide bonds. The zero-order valence-electron chi connectivity index (χ0n) is 18.7. The van der Waals surface area contributed by atoms with Crippen molar-refractivity contribution in [1.82, 2.24) is 15.3 Å². The Kier molecular flexibility index (Phi) is 7.02. The highest BCUT2D eigenvalue weighted by Crippen LogP contribution is 2.26. The van der Waals surface area contributed by atoms with E-state index in [1.807, 2.05) is 13.8 Å². The van der Waals surface area contributed by atoms with E-state index in [2.05, 4.69) is 20.6 Å². The third-order valence-corrected chi connectivity index (χ3v) is 5.85. The first-order chi connectivity index (χ1) is 15.9. The molecule has 2 aromatic rings. The number of halogens is 1. The maximum absolute atomic E-state index is 14.6. The Morgan fingerprint density at radius 2 is 2.06 bits per heavy atom. The largest absolute Gasteiger partial charge is 0.447 e. The molecule has 9 nitrogen and oxygen atoms in total. The van der Waals surface area contributed by atoms with Crippen molar-refractivity contribution < 1.29 is 23.5 Å². The fourth-order valence-electron chi connectivity index (χ4n) is 3.90. The number of carbonyl (C=O) groups excluding carboxylic acids is 2. The number of anilines is 2. The molecule has 0 spiro atoms. The number of cyclic esters (lactones) is 1. The van der Waals surface area contributed by atoms with Gasteiger partial charge in [-0.2, -0.15) is 4.98 Å². The lowest BCUT2D eigenvalue weighted by molar-refractivity contribution is 0.0694. The zero-order valence-corrected chi connectivity index (χ0v) is 18.7. The number of rotatable bonds is 7. The molecule has 2 aliphatic heterocycles. The highest BCUT2D eigenvalue weighted by molar-refractivity contribution is 5.94. The summed E-state index contributed by atoms with van der Waals surface area (Å²) < 4.78 is 25.1. The van der Waals surface area contributed by atoms with Gasteiger partial charge in [0.2, 0.25) is 5.95 Å². The Labute approximate surface area is 191 Å². The van der Waals surface area contributed by atoms with Crippen LogP contribution < -0.4 is 15.5 Å². The summed E-state index contributed by atoms with van der Waals surface area (Å²) in [5.41, 5.74) is 0.639. The lowest BCUT2D eigenvalue weighted by Gasteiger charge is -2.23. The van der Waals surface area contributed by atoms with Crippen molar-refractivity contribution in [3.8, 4) is 0 Å². The molecule has 2 aliphatic rings. The summed E-state index contributed by atoms with van der Waals surface area (Å²) in [7, 11) is 0. The van der Waals surface area contributed by atoms with Gasteiger partial charge in [0.25, 0.3) is 5.91 Å². The molecular weight excluding hydrogens is 429 g/mol. The van der Waals surface area contributed by atoms with Crippen LogP contribution in [0.15, 0.2) is 30.5 Å². The molecule has 1 unspecified atom stereocenters. The second-order valence-corrected chi connectivity index (χ2v) is 8.52. The van der Waals surface area contributed by atoms with Crippen molar-refractivity contribution in [3.05, 3.63) is 47.4 Å². The minimum absolute atomic E-state index is 0.000370. The fourth-order valence-corrected chi connectivity index (χ4v) is 3.90. The molecule has 2 fully saturated rings. The van der Waals surface area contributed by atoms with Crippen LogP contribution in [-0.2, 0) is 16.0 Å². The summed E-state index contributed by atoms with van der Waals surface area (Å²) in [4.78, 5) is 34.7. The summed E-state index contributed by atoms with van der Waals surface area (Å²) >= 11 is 0. The van der Waals surface area contributed by atoms with Crippen molar-refractivity contribution in [2.24, 2.45) is 5.92 Å². The smallest absolute Gasteiger partial charge is 0.415 e. The highest BCUT2D eigenvalue weighted by Gasteiger charge is 2.37. The van der Waals surface area contributed by atoms with Gasteiger partial charge in [0, 0.05) is 32.0 Å². The summed E-state index contributed by atoms with van der Waals surface area (Å²) in [6, 6.07) is 6.03. The Morgan fingerprint density at radius 3 is 2.79 bits per heavy atom. The van der Waals surface area contributed by atoms with Gasteiger partial charge in [0.05, 0.1) is 11.6 Å². The summed E-state index contributed by atoms with van der Waals surface area (Å²) in [6.07, 6.45) is 2.57. The third kappa shape index (κ3) is 5.39. The van der Waals surface area contributed by atoms with E-state index in [0.29, 0.717) is 37.2 Å². The monoisotopic (exact) mass is 457 g/mol. The number of hydrogen-bond acceptors (Lipinski definition) is 7. The summed E-state index contributed by atoms with van der Waals surface area (Å²) in [5.74, 6) is -0.0651. The number of amides is 2. The number of benzene rings is 1. The minimum atomic E-state index is -0.590. The van der Waals surface area contributed by atoms with Crippen LogP contribution in [0.4, 0.5) is 21.0 Å².